The third-order valence-electron chi connectivity index (χ3n) is 4.46. The Morgan fingerprint density at radius 3 is 2.68 bits per heavy atom. The van der Waals surface area contributed by atoms with Gasteiger partial charge in [0.1, 0.15) is 0 Å². The number of hydrogen-bond donors (Lipinski definition) is 1. The lowest BCUT2D eigenvalue weighted by Gasteiger charge is -2.42. The predicted octanol–water partition coefficient (Wildman–Crippen LogP) is 4.87. The largest absolute Gasteiger partial charge is 0.311 e. The summed E-state index contributed by atoms with van der Waals surface area (Å²) in [4.78, 5) is 1.50. The molecule has 1 aliphatic carbocycles. The van der Waals surface area contributed by atoms with Gasteiger partial charge in [0.15, 0.2) is 0 Å². The van der Waals surface area contributed by atoms with Crippen molar-refractivity contribution < 1.29 is 0 Å². The molecule has 0 aromatic carbocycles. The highest BCUT2D eigenvalue weighted by atomic mass is 32.1. The van der Waals surface area contributed by atoms with E-state index in [0.717, 1.165) is 5.92 Å². The monoisotopic (exact) mass is 279 g/mol. The van der Waals surface area contributed by atoms with Crippen LogP contribution in [0.4, 0.5) is 0 Å². The average Bonchev–Trinajstić information content (AvgIpc) is 2.81. The van der Waals surface area contributed by atoms with Crippen LogP contribution in [0.15, 0.2) is 17.5 Å². The highest BCUT2D eigenvalue weighted by molar-refractivity contribution is 7.09. The van der Waals surface area contributed by atoms with Gasteiger partial charge in [-0.25, -0.2) is 0 Å². The average molecular weight is 279 g/mol. The molecule has 0 spiro atoms. The number of nitrogens with one attached hydrogen (secondary N) is 1. The molecule has 1 aliphatic rings. The minimum absolute atomic E-state index is 0.431. The molecule has 1 N–H and O–H groups in total. The van der Waals surface area contributed by atoms with Crippen LogP contribution < -0.4 is 5.32 Å². The molecule has 3 atom stereocenters. The summed E-state index contributed by atoms with van der Waals surface area (Å²) < 4.78 is 0. The van der Waals surface area contributed by atoms with Crippen LogP contribution in [-0.2, 0) is 6.42 Å². The van der Waals surface area contributed by atoms with Gasteiger partial charge in [0, 0.05) is 17.0 Å². The summed E-state index contributed by atoms with van der Waals surface area (Å²) in [6, 6.07) is 5.71. The van der Waals surface area contributed by atoms with E-state index in [0.29, 0.717) is 17.5 Å². The Balaban J connectivity index is 1.92. The zero-order chi connectivity index (χ0) is 13.9. The second-order valence-corrected chi connectivity index (χ2v) is 8.25. The van der Waals surface area contributed by atoms with Crippen molar-refractivity contribution in [1.82, 2.24) is 5.32 Å². The second-order valence-electron chi connectivity index (χ2n) is 7.21. The van der Waals surface area contributed by atoms with Crippen molar-refractivity contribution in [2.24, 2.45) is 11.3 Å². The third-order valence-corrected chi connectivity index (χ3v) is 5.36. The molecule has 0 aliphatic heterocycles. The highest BCUT2D eigenvalue weighted by Gasteiger charge is 2.34. The van der Waals surface area contributed by atoms with Crippen LogP contribution in [0.3, 0.4) is 0 Å². The van der Waals surface area contributed by atoms with E-state index >= 15 is 0 Å². The van der Waals surface area contributed by atoms with Gasteiger partial charge in [-0.2, -0.15) is 0 Å². The minimum atomic E-state index is 0.431. The molecule has 0 bridgehead atoms. The molecule has 1 fully saturated rings. The molecule has 3 unspecified atom stereocenters. The fraction of sp³-hybridized carbons (Fsp3) is 0.765. The molecule has 0 saturated heterocycles. The predicted molar refractivity (Wildman–Crippen MR) is 85.8 cm³/mol. The Morgan fingerprint density at radius 2 is 2.05 bits per heavy atom. The fourth-order valence-electron chi connectivity index (χ4n) is 3.52. The Labute approximate surface area is 122 Å². The van der Waals surface area contributed by atoms with Gasteiger partial charge in [-0.05, 0) is 49.0 Å². The lowest BCUT2D eigenvalue weighted by atomic mass is 9.69. The van der Waals surface area contributed by atoms with Gasteiger partial charge in [0.05, 0.1) is 0 Å². The van der Waals surface area contributed by atoms with E-state index in [2.05, 4.69) is 50.5 Å². The molecule has 2 heteroatoms. The smallest absolute Gasteiger partial charge is 0.0103 e. The van der Waals surface area contributed by atoms with Crippen molar-refractivity contribution in [1.29, 1.82) is 0 Å². The van der Waals surface area contributed by atoms with Gasteiger partial charge in [0.2, 0.25) is 0 Å². The molecular weight excluding hydrogens is 250 g/mol. The lowest BCUT2D eigenvalue weighted by Crippen LogP contribution is -2.48. The van der Waals surface area contributed by atoms with Gasteiger partial charge >= 0.3 is 0 Å². The van der Waals surface area contributed by atoms with Crippen LogP contribution in [0.1, 0.15) is 58.3 Å². The Kier molecular flexibility index (Phi) is 5.08. The summed E-state index contributed by atoms with van der Waals surface area (Å²) in [5.41, 5.74) is 0.431. The van der Waals surface area contributed by atoms with E-state index in [1.807, 2.05) is 11.3 Å². The first-order chi connectivity index (χ1) is 8.97. The zero-order valence-electron chi connectivity index (χ0n) is 12.9. The normalized spacial score (nSPS) is 26.3. The summed E-state index contributed by atoms with van der Waals surface area (Å²) in [7, 11) is 0. The highest BCUT2D eigenvalue weighted by Crippen LogP contribution is 2.38. The van der Waals surface area contributed by atoms with Crippen LogP contribution >= 0.6 is 11.3 Å². The zero-order valence-corrected chi connectivity index (χ0v) is 13.7. The van der Waals surface area contributed by atoms with Crippen LogP contribution in [-0.4, -0.2) is 12.1 Å². The Bertz CT molecular complexity index is 363. The molecule has 2 rings (SSSR count). The summed E-state index contributed by atoms with van der Waals surface area (Å²) >= 11 is 1.88. The quantitative estimate of drug-likeness (QED) is 0.829. The summed E-state index contributed by atoms with van der Waals surface area (Å²) in [5.74, 6) is 0.826. The van der Waals surface area contributed by atoms with Crippen LogP contribution in [0.25, 0.3) is 0 Å². The molecule has 0 radical (unpaired) electrons. The van der Waals surface area contributed by atoms with Gasteiger partial charge in [-0.1, -0.05) is 39.7 Å². The molecule has 1 saturated carbocycles. The van der Waals surface area contributed by atoms with Crippen molar-refractivity contribution >= 4 is 11.3 Å². The Morgan fingerprint density at radius 1 is 1.32 bits per heavy atom. The van der Waals surface area contributed by atoms with Crippen molar-refractivity contribution in [2.45, 2.75) is 71.9 Å². The summed E-state index contributed by atoms with van der Waals surface area (Å²) in [6.45, 7) is 9.55. The number of thiophene rings is 1. The molecule has 1 aromatic rings. The van der Waals surface area contributed by atoms with Gasteiger partial charge in [-0.3, -0.25) is 0 Å². The molecule has 1 aromatic heterocycles. The van der Waals surface area contributed by atoms with E-state index in [1.165, 1.54) is 37.0 Å². The molecule has 1 heterocycles. The molecule has 108 valence electrons. The molecule has 0 amide bonds. The van der Waals surface area contributed by atoms with Gasteiger partial charge < -0.3 is 5.32 Å². The molecule has 1 nitrogen and oxygen atoms in total. The van der Waals surface area contributed by atoms with E-state index in [4.69, 9.17) is 0 Å². The first-order valence-corrected chi connectivity index (χ1v) is 8.63. The van der Waals surface area contributed by atoms with Gasteiger partial charge in [-0.15, -0.1) is 11.3 Å². The minimum Gasteiger partial charge on any atom is -0.311 e. The standard InChI is InChI=1S/C17H29NS/c1-13(12-14-8-7-11-19-14)18-16-10-6-5-9-15(16)17(2,3)4/h7-8,11,13,15-16,18H,5-6,9-10,12H2,1-4H3. The maximum absolute atomic E-state index is 3.92. The van der Waals surface area contributed by atoms with Crippen molar-refractivity contribution in [3.63, 3.8) is 0 Å². The van der Waals surface area contributed by atoms with Gasteiger partial charge in [0.25, 0.3) is 0 Å². The van der Waals surface area contributed by atoms with Crippen molar-refractivity contribution in [3.8, 4) is 0 Å². The second kappa shape index (κ2) is 6.41. The van der Waals surface area contributed by atoms with E-state index in [1.54, 1.807) is 0 Å². The van der Waals surface area contributed by atoms with Crippen molar-refractivity contribution in [2.75, 3.05) is 0 Å². The molecular formula is C17H29NS. The SMILES string of the molecule is CC(Cc1cccs1)NC1CCCCC1C(C)(C)C. The lowest BCUT2D eigenvalue weighted by molar-refractivity contribution is 0.124. The molecule has 19 heavy (non-hydrogen) atoms. The number of hydrogen-bond acceptors (Lipinski definition) is 2. The van der Waals surface area contributed by atoms with Crippen LogP contribution in [0.2, 0.25) is 0 Å². The van der Waals surface area contributed by atoms with E-state index < -0.39 is 0 Å². The summed E-state index contributed by atoms with van der Waals surface area (Å²) in [6.07, 6.45) is 6.74. The third kappa shape index (κ3) is 4.32. The maximum Gasteiger partial charge on any atom is 0.0103 e. The fourth-order valence-corrected chi connectivity index (χ4v) is 4.36. The van der Waals surface area contributed by atoms with Crippen LogP contribution in [0.5, 0.6) is 0 Å². The first-order valence-electron chi connectivity index (χ1n) is 7.75. The van der Waals surface area contributed by atoms with E-state index in [-0.39, 0.29) is 0 Å². The van der Waals surface area contributed by atoms with Crippen molar-refractivity contribution in [3.05, 3.63) is 22.4 Å². The van der Waals surface area contributed by atoms with E-state index in [9.17, 15) is 0 Å². The Hall–Kier alpha value is -0.340. The summed E-state index contributed by atoms with van der Waals surface area (Å²) in [5, 5.41) is 6.10. The first kappa shape index (κ1) is 15.1. The maximum atomic E-state index is 3.92. The number of rotatable bonds is 4. The van der Waals surface area contributed by atoms with Crippen LogP contribution in [0, 0.1) is 11.3 Å². The topological polar surface area (TPSA) is 12.0 Å².